The summed E-state index contributed by atoms with van der Waals surface area (Å²) in [6.07, 6.45) is -1.45. The van der Waals surface area contributed by atoms with Gasteiger partial charge in [0.05, 0.1) is 12.1 Å². The van der Waals surface area contributed by atoms with Crippen LogP contribution in [0.1, 0.15) is 31.7 Å². The lowest BCUT2D eigenvalue weighted by molar-refractivity contribution is -0.137. The molecule has 3 rings (SSSR count). The van der Waals surface area contributed by atoms with E-state index < -0.39 is 11.7 Å². The molecule has 1 aliphatic heterocycles. The Morgan fingerprint density at radius 3 is 2.70 bits per heavy atom. The zero-order chi connectivity index (χ0) is 19.6. The normalized spacial score (nSPS) is 17.7. The summed E-state index contributed by atoms with van der Waals surface area (Å²) in [5.41, 5.74) is 0.942. The summed E-state index contributed by atoms with van der Waals surface area (Å²) >= 11 is 0. The molecule has 8 heteroatoms. The van der Waals surface area contributed by atoms with Gasteiger partial charge in [0.25, 0.3) is 0 Å². The highest BCUT2D eigenvalue weighted by atomic mass is 19.4. The van der Waals surface area contributed by atoms with E-state index in [0.29, 0.717) is 24.5 Å². The molecule has 1 aromatic carbocycles. The first-order valence-corrected chi connectivity index (χ1v) is 8.98. The van der Waals surface area contributed by atoms with Crippen LogP contribution in [0.25, 0.3) is 0 Å². The molecule has 0 saturated heterocycles. The second-order valence-electron chi connectivity index (χ2n) is 7.05. The Kier molecular flexibility index (Phi) is 5.43. The average molecular weight is 380 g/mol. The zero-order valence-electron chi connectivity index (χ0n) is 15.1. The van der Waals surface area contributed by atoms with E-state index in [-0.39, 0.29) is 24.0 Å². The minimum atomic E-state index is -4.44. The molecule has 1 aromatic rings. The molecule has 0 atom stereocenters. The quantitative estimate of drug-likeness (QED) is 0.540. The first kappa shape index (κ1) is 19.3. The molecule has 1 saturated carbocycles. The van der Waals surface area contributed by atoms with Gasteiger partial charge >= 0.3 is 6.18 Å². The van der Waals surface area contributed by atoms with E-state index in [9.17, 15) is 18.0 Å². The van der Waals surface area contributed by atoms with Crippen molar-refractivity contribution < 1.29 is 18.0 Å². The Morgan fingerprint density at radius 2 is 2.07 bits per heavy atom. The molecule has 0 aromatic heterocycles. The third-order valence-corrected chi connectivity index (χ3v) is 4.85. The van der Waals surface area contributed by atoms with E-state index in [1.807, 2.05) is 0 Å². The smallest absolute Gasteiger partial charge is 0.388 e. The molecule has 0 bridgehead atoms. The fourth-order valence-electron chi connectivity index (χ4n) is 3.04. The van der Waals surface area contributed by atoms with E-state index in [2.05, 4.69) is 10.6 Å². The van der Waals surface area contributed by atoms with Gasteiger partial charge in [-0.05, 0) is 37.0 Å². The average Bonchev–Trinajstić information content (AvgIpc) is 3.43. The van der Waals surface area contributed by atoms with E-state index in [1.54, 1.807) is 4.90 Å². The standard InChI is InChI=1S/C19H23F3N4O/c1-12(27)26-8-7-17(24-10-13-5-6-13)16(11-26)18(23)25-15-4-2-3-14(9-15)19(20,21)22/h2-4,9,13,24H,5-8,10-11H2,1H3,(H2,23,25). The monoisotopic (exact) mass is 380 g/mol. The number of hydrogen-bond donors (Lipinski definition) is 3. The number of carbonyl (C=O) groups is 1. The van der Waals surface area contributed by atoms with E-state index >= 15 is 0 Å². The maximum atomic E-state index is 12.9. The number of rotatable bonds is 5. The van der Waals surface area contributed by atoms with E-state index in [1.165, 1.54) is 31.9 Å². The van der Waals surface area contributed by atoms with Crippen LogP contribution in [0, 0.1) is 11.3 Å². The fourth-order valence-corrected chi connectivity index (χ4v) is 3.04. The maximum absolute atomic E-state index is 12.9. The molecule has 3 N–H and O–H groups in total. The number of nitrogens with one attached hydrogen (secondary N) is 3. The molecule has 0 radical (unpaired) electrons. The van der Waals surface area contributed by atoms with Crippen molar-refractivity contribution in [1.82, 2.24) is 10.2 Å². The summed E-state index contributed by atoms with van der Waals surface area (Å²) in [6.45, 7) is 3.15. The highest BCUT2D eigenvalue weighted by Crippen LogP contribution is 2.31. The molecular weight excluding hydrogens is 357 g/mol. The van der Waals surface area contributed by atoms with Gasteiger partial charge < -0.3 is 15.5 Å². The number of hydrogen-bond acceptors (Lipinski definition) is 3. The van der Waals surface area contributed by atoms with Crippen LogP contribution in [0.4, 0.5) is 18.9 Å². The lowest BCUT2D eigenvalue weighted by Gasteiger charge is -2.31. The second-order valence-corrected chi connectivity index (χ2v) is 7.05. The summed E-state index contributed by atoms with van der Waals surface area (Å²) < 4.78 is 38.7. The number of alkyl halides is 3. The largest absolute Gasteiger partial charge is 0.416 e. The van der Waals surface area contributed by atoms with Gasteiger partial charge in [0.1, 0.15) is 5.84 Å². The Morgan fingerprint density at radius 1 is 1.33 bits per heavy atom. The molecule has 1 fully saturated rings. The molecule has 1 aliphatic carbocycles. The summed E-state index contributed by atoms with van der Waals surface area (Å²) in [5, 5.41) is 14.5. The Balaban J connectivity index is 1.78. The van der Waals surface area contributed by atoms with Crippen LogP contribution in [0.5, 0.6) is 0 Å². The van der Waals surface area contributed by atoms with E-state index in [4.69, 9.17) is 5.41 Å². The topological polar surface area (TPSA) is 68.2 Å². The van der Waals surface area contributed by atoms with Gasteiger partial charge in [-0.2, -0.15) is 13.2 Å². The predicted molar refractivity (Wildman–Crippen MR) is 97.4 cm³/mol. The van der Waals surface area contributed by atoms with Gasteiger partial charge in [0.2, 0.25) is 5.91 Å². The van der Waals surface area contributed by atoms with Gasteiger partial charge in [-0.15, -0.1) is 0 Å². The van der Waals surface area contributed by atoms with Crippen molar-refractivity contribution in [3.63, 3.8) is 0 Å². The lowest BCUT2D eigenvalue weighted by atomic mass is 10.0. The predicted octanol–water partition coefficient (Wildman–Crippen LogP) is 3.60. The number of anilines is 1. The second kappa shape index (κ2) is 7.62. The van der Waals surface area contributed by atoms with Crippen molar-refractivity contribution in [3.8, 4) is 0 Å². The van der Waals surface area contributed by atoms with Crippen molar-refractivity contribution in [2.75, 3.05) is 25.0 Å². The summed E-state index contributed by atoms with van der Waals surface area (Å²) in [7, 11) is 0. The van der Waals surface area contributed by atoms with Gasteiger partial charge in [-0.1, -0.05) is 6.07 Å². The number of carbonyl (C=O) groups excluding carboxylic acids is 1. The van der Waals surface area contributed by atoms with Gasteiger partial charge in [0, 0.05) is 43.4 Å². The Labute approximate surface area is 156 Å². The van der Waals surface area contributed by atoms with Crippen molar-refractivity contribution in [2.24, 2.45) is 5.92 Å². The number of amidine groups is 1. The minimum absolute atomic E-state index is 0.0126. The van der Waals surface area contributed by atoms with Crippen molar-refractivity contribution in [2.45, 2.75) is 32.4 Å². The third kappa shape index (κ3) is 5.02. The third-order valence-electron chi connectivity index (χ3n) is 4.85. The molecule has 146 valence electrons. The van der Waals surface area contributed by atoms with Crippen LogP contribution >= 0.6 is 0 Å². The van der Waals surface area contributed by atoms with Crippen LogP contribution in [0.15, 0.2) is 35.5 Å². The van der Waals surface area contributed by atoms with Crippen LogP contribution in [-0.4, -0.2) is 36.3 Å². The van der Waals surface area contributed by atoms with Crippen molar-refractivity contribution in [3.05, 3.63) is 41.1 Å². The van der Waals surface area contributed by atoms with Gasteiger partial charge in [-0.3, -0.25) is 10.2 Å². The number of amides is 1. The van der Waals surface area contributed by atoms with Crippen LogP contribution in [0.3, 0.4) is 0 Å². The highest BCUT2D eigenvalue weighted by molar-refractivity contribution is 6.07. The summed E-state index contributed by atoms with van der Waals surface area (Å²) in [4.78, 5) is 13.4. The Bertz CT molecular complexity index is 768. The summed E-state index contributed by atoms with van der Waals surface area (Å²) in [6, 6.07) is 4.78. The zero-order valence-corrected chi connectivity index (χ0v) is 15.1. The number of nitrogens with zero attached hydrogens (tertiary/aromatic N) is 1. The molecule has 1 heterocycles. The molecule has 27 heavy (non-hydrogen) atoms. The first-order chi connectivity index (χ1) is 12.7. The molecule has 2 aliphatic rings. The molecule has 0 spiro atoms. The van der Waals surface area contributed by atoms with Crippen LogP contribution < -0.4 is 10.6 Å². The van der Waals surface area contributed by atoms with E-state index in [0.717, 1.165) is 24.4 Å². The van der Waals surface area contributed by atoms with Crippen molar-refractivity contribution >= 4 is 17.4 Å². The molecule has 0 unspecified atom stereocenters. The summed E-state index contributed by atoms with van der Waals surface area (Å²) in [5.74, 6) is 0.578. The van der Waals surface area contributed by atoms with Crippen molar-refractivity contribution in [1.29, 1.82) is 5.41 Å². The maximum Gasteiger partial charge on any atom is 0.416 e. The molecular formula is C19H23F3N4O. The minimum Gasteiger partial charge on any atom is -0.388 e. The number of halogens is 3. The molecule has 5 nitrogen and oxygen atoms in total. The fraction of sp³-hybridized carbons (Fsp3) is 0.474. The first-order valence-electron chi connectivity index (χ1n) is 8.98. The van der Waals surface area contributed by atoms with Crippen LogP contribution in [0.2, 0.25) is 0 Å². The van der Waals surface area contributed by atoms with Gasteiger partial charge in [0.15, 0.2) is 0 Å². The van der Waals surface area contributed by atoms with Crippen LogP contribution in [-0.2, 0) is 11.0 Å². The number of benzene rings is 1. The molecule has 1 amide bonds. The Hall–Kier alpha value is -2.51. The van der Waals surface area contributed by atoms with Gasteiger partial charge in [-0.25, -0.2) is 0 Å². The lowest BCUT2D eigenvalue weighted by Crippen LogP contribution is -2.41. The SMILES string of the molecule is CC(=O)N1CCC(NCC2CC2)=C(C(=N)Nc2cccc(C(F)(F)F)c2)C1. The highest BCUT2D eigenvalue weighted by Gasteiger charge is 2.31.